The number of hydrogen-bond donors (Lipinski definition) is 0. The quantitative estimate of drug-likeness (QED) is 0.329. The Morgan fingerprint density at radius 2 is 1.54 bits per heavy atom. The maximum absolute atomic E-state index is 15.0. The lowest BCUT2D eigenvalue weighted by atomic mass is 10.0. The second-order valence-corrected chi connectivity index (χ2v) is 8.76. The van der Waals surface area contributed by atoms with Crippen molar-refractivity contribution in [1.29, 1.82) is 0 Å². The predicted octanol–water partition coefficient (Wildman–Crippen LogP) is 5.20. The van der Waals surface area contributed by atoms with Crippen molar-refractivity contribution in [2.24, 2.45) is 0 Å². The maximum atomic E-state index is 15.0. The molecular weight excluding hydrogens is 473 g/mol. The maximum Gasteiger partial charge on any atom is 0.203 e. The highest BCUT2D eigenvalue weighted by atomic mass is 19.1. The van der Waals surface area contributed by atoms with Crippen LogP contribution in [0.3, 0.4) is 0 Å². The van der Waals surface area contributed by atoms with Gasteiger partial charge in [-0.3, -0.25) is 4.90 Å². The molecule has 4 aromatic rings. The fourth-order valence-electron chi connectivity index (χ4n) is 4.68. The third kappa shape index (κ3) is 5.03. The average Bonchev–Trinajstić information content (AvgIpc) is 3.36. The van der Waals surface area contributed by atoms with E-state index in [0.717, 1.165) is 41.2 Å². The Kier molecular flexibility index (Phi) is 7.39. The molecule has 0 unspecified atom stereocenters. The minimum absolute atomic E-state index is 0.276. The van der Waals surface area contributed by atoms with Crippen molar-refractivity contribution in [3.63, 3.8) is 0 Å². The van der Waals surface area contributed by atoms with Gasteiger partial charge in [0.1, 0.15) is 5.82 Å². The summed E-state index contributed by atoms with van der Waals surface area (Å²) in [5, 5.41) is 4.68. The van der Waals surface area contributed by atoms with Gasteiger partial charge in [0.2, 0.25) is 5.75 Å². The smallest absolute Gasteiger partial charge is 0.203 e. The molecule has 0 spiro atoms. The van der Waals surface area contributed by atoms with Gasteiger partial charge in [0.05, 0.1) is 52.1 Å². The number of hydrogen-bond acceptors (Lipinski definition) is 6. The molecule has 37 heavy (non-hydrogen) atoms. The van der Waals surface area contributed by atoms with E-state index in [-0.39, 0.29) is 5.82 Å². The number of aromatic nitrogens is 2. The van der Waals surface area contributed by atoms with Crippen LogP contribution in [0, 0.1) is 5.82 Å². The van der Waals surface area contributed by atoms with Crippen LogP contribution in [0.4, 0.5) is 4.39 Å². The van der Waals surface area contributed by atoms with Gasteiger partial charge in [-0.2, -0.15) is 5.10 Å². The summed E-state index contributed by atoms with van der Waals surface area (Å²) in [6.07, 6.45) is 1.84. The second kappa shape index (κ2) is 11.0. The summed E-state index contributed by atoms with van der Waals surface area (Å²) in [5.74, 6) is 1.44. The lowest BCUT2D eigenvalue weighted by Crippen LogP contribution is -2.35. The lowest BCUT2D eigenvalue weighted by molar-refractivity contribution is 0.0342. The van der Waals surface area contributed by atoms with E-state index in [2.05, 4.69) is 10.00 Å². The molecule has 1 aromatic heterocycles. The van der Waals surface area contributed by atoms with E-state index in [9.17, 15) is 4.39 Å². The molecule has 0 N–H and O–H groups in total. The van der Waals surface area contributed by atoms with E-state index in [0.29, 0.717) is 42.6 Å². The first-order valence-electron chi connectivity index (χ1n) is 12.2. The Balaban J connectivity index is 1.53. The van der Waals surface area contributed by atoms with Crippen molar-refractivity contribution in [3.05, 3.63) is 78.2 Å². The van der Waals surface area contributed by atoms with Crippen LogP contribution in [0.1, 0.15) is 5.56 Å². The standard InChI is InChI=1S/C29H30FN3O4/c1-34-26-16-21(17-27(35-2)29(26)36-3)20-8-10-23(11-9-20)33-28(24-6-4-5-7-25(24)30)22(18-31-33)19-32-12-14-37-15-13-32/h4-11,16-18H,12-15,19H2,1-3H3. The molecule has 1 aliphatic heterocycles. The molecule has 1 aliphatic rings. The number of rotatable bonds is 8. The van der Waals surface area contributed by atoms with Gasteiger partial charge in [-0.05, 0) is 47.5 Å². The summed E-state index contributed by atoms with van der Waals surface area (Å²) in [6.45, 7) is 3.75. The Labute approximate surface area is 216 Å². The molecule has 192 valence electrons. The zero-order valence-corrected chi connectivity index (χ0v) is 21.2. The Hall–Kier alpha value is -3.88. The van der Waals surface area contributed by atoms with Gasteiger partial charge in [-0.15, -0.1) is 0 Å². The van der Waals surface area contributed by atoms with Crippen LogP contribution in [0.15, 0.2) is 66.9 Å². The third-order valence-corrected chi connectivity index (χ3v) is 6.58. The van der Waals surface area contributed by atoms with Crippen molar-refractivity contribution in [2.45, 2.75) is 6.54 Å². The van der Waals surface area contributed by atoms with Crippen molar-refractivity contribution >= 4 is 0 Å². The highest BCUT2D eigenvalue weighted by Crippen LogP contribution is 2.41. The van der Waals surface area contributed by atoms with Crippen molar-refractivity contribution in [2.75, 3.05) is 47.6 Å². The zero-order chi connectivity index (χ0) is 25.8. The summed E-state index contributed by atoms with van der Waals surface area (Å²) in [4.78, 5) is 2.31. The molecule has 5 rings (SSSR count). The predicted molar refractivity (Wildman–Crippen MR) is 140 cm³/mol. The molecule has 1 fully saturated rings. The Bertz CT molecular complexity index is 1340. The summed E-state index contributed by atoms with van der Waals surface area (Å²) in [7, 11) is 4.78. The van der Waals surface area contributed by atoms with Crippen LogP contribution in [0.2, 0.25) is 0 Å². The zero-order valence-electron chi connectivity index (χ0n) is 21.2. The molecule has 0 bridgehead atoms. The molecule has 1 saturated heterocycles. The molecule has 8 heteroatoms. The van der Waals surface area contributed by atoms with Crippen LogP contribution < -0.4 is 14.2 Å². The fourth-order valence-corrected chi connectivity index (χ4v) is 4.68. The van der Waals surface area contributed by atoms with Crippen molar-refractivity contribution in [3.8, 4) is 45.3 Å². The van der Waals surface area contributed by atoms with Gasteiger partial charge in [0.25, 0.3) is 0 Å². The molecule has 0 radical (unpaired) electrons. The average molecular weight is 504 g/mol. The van der Waals surface area contributed by atoms with Crippen LogP contribution in [0.25, 0.3) is 28.1 Å². The molecule has 7 nitrogen and oxygen atoms in total. The van der Waals surface area contributed by atoms with Crippen LogP contribution in [-0.2, 0) is 11.3 Å². The Morgan fingerprint density at radius 3 is 2.16 bits per heavy atom. The van der Waals surface area contributed by atoms with Crippen LogP contribution in [-0.4, -0.2) is 62.3 Å². The molecule has 0 aliphatic carbocycles. The number of ether oxygens (including phenoxy) is 4. The van der Waals surface area contributed by atoms with Gasteiger partial charge in [0, 0.05) is 30.8 Å². The second-order valence-electron chi connectivity index (χ2n) is 8.76. The lowest BCUT2D eigenvalue weighted by Gasteiger charge is -2.26. The first kappa shape index (κ1) is 24.8. The minimum atomic E-state index is -0.276. The summed E-state index contributed by atoms with van der Waals surface area (Å²) >= 11 is 0. The molecular formula is C29H30FN3O4. The van der Waals surface area contributed by atoms with E-state index in [4.69, 9.17) is 18.9 Å². The van der Waals surface area contributed by atoms with E-state index in [1.165, 1.54) is 6.07 Å². The van der Waals surface area contributed by atoms with E-state index in [1.54, 1.807) is 33.5 Å². The monoisotopic (exact) mass is 503 g/mol. The van der Waals surface area contributed by atoms with Crippen LogP contribution >= 0.6 is 0 Å². The highest BCUT2D eigenvalue weighted by Gasteiger charge is 2.21. The summed E-state index contributed by atoms with van der Waals surface area (Å²) in [5.41, 5.74) is 4.98. The largest absolute Gasteiger partial charge is 0.493 e. The normalized spacial score (nSPS) is 13.9. The number of benzene rings is 3. The number of nitrogens with zero attached hydrogens (tertiary/aromatic N) is 3. The first-order valence-corrected chi connectivity index (χ1v) is 12.2. The number of methoxy groups -OCH3 is 3. The molecule has 0 atom stereocenters. The number of halogens is 1. The molecule has 0 amide bonds. The third-order valence-electron chi connectivity index (χ3n) is 6.58. The van der Waals surface area contributed by atoms with E-state index >= 15 is 0 Å². The summed E-state index contributed by atoms with van der Waals surface area (Å²) < 4.78 is 38.8. The van der Waals surface area contributed by atoms with Gasteiger partial charge < -0.3 is 18.9 Å². The molecule has 0 saturated carbocycles. The van der Waals surface area contributed by atoms with Gasteiger partial charge >= 0.3 is 0 Å². The van der Waals surface area contributed by atoms with Gasteiger partial charge in [0.15, 0.2) is 11.5 Å². The van der Waals surface area contributed by atoms with Crippen LogP contribution in [0.5, 0.6) is 17.2 Å². The topological polar surface area (TPSA) is 58.0 Å². The fraction of sp³-hybridized carbons (Fsp3) is 0.276. The van der Waals surface area contributed by atoms with Crippen molar-refractivity contribution < 1.29 is 23.3 Å². The SMILES string of the molecule is COc1cc(-c2ccc(-n3ncc(CN4CCOCC4)c3-c3ccccc3F)cc2)cc(OC)c1OC. The molecule has 2 heterocycles. The van der Waals surface area contributed by atoms with Gasteiger partial charge in [-0.25, -0.2) is 9.07 Å². The Morgan fingerprint density at radius 1 is 0.865 bits per heavy atom. The summed E-state index contributed by atoms with van der Waals surface area (Å²) in [6, 6.07) is 18.6. The highest BCUT2D eigenvalue weighted by molar-refractivity contribution is 5.72. The first-order chi connectivity index (χ1) is 18.1. The van der Waals surface area contributed by atoms with Gasteiger partial charge in [-0.1, -0.05) is 24.3 Å². The van der Waals surface area contributed by atoms with E-state index in [1.807, 2.05) is 53.3 Å². The number of morpholine rings is 1. The molecule has 3 aromatic carbocycles. The van der Waals surface area contributed by atoms with E-state index < -0.39 is 0 Å². The van der Waals surface area contributed by atoms with Crippen molar-refractivity contribution in [1.82, 2.24) is 14.7 Å². The minimum Gasteiger partial charge on any atom is -0.493 e.